The summed E-state index contributed by atoms with van der Waals surface area (Å²) >= 11 is 0. The Kier molecular flexibility index (Phi) is 7.32. The minimum absolute atomic E-state index is 0.139. The van der Waals surface area contributed by atoms with E-state index in [9.17, 15) is 8.42 Å². The molecule has 2 rings (SSSR count). The third-order valence-corrected chi connectivity index (χ3v) is 5.98. The molecule has 0 radical (unpaired) electrons. The van der Waals surface area contributed by atoms with Crippen LogP contribution in [-0.2, 0) is 16.6 Å². The average Bonchev–Trinajstić information content (AvgIpc) is 2.66. The first-order chi connectivity index (χ1) is 13.2. The van der Waals surface area contributed by atoms with Gasteiger partial charge in [0.2, 0.25) is 10.0 Å². The van der Waals surface area contributed by atoms with Gasteiger partial charge in [0, 0.05) is 6.54 Å². The van der Waals surface area contributed by atoms with Gasteiger partial charge < -0.3 is 14.2 Å². The summed E-state index contributed by atoms with van der Waals surface area (Å²) in [4.78, 5) is 0.260. The van der Waals surface area contributed by atoms with E-state index in [4.69, 9.17) is 14.2 Å². The number of methoxy groups -OCH3 is 2. The van der Waals surface area contributed by atoms with E-state index in [0.29, 0.717) is 29.4 Å². The first-order valence-corrected chi connectivity index (χ1v) is 10.7. The molecule has 0 atom stereocenters. The van der Waals surface area contributed by atoms with Crippen molar-refractivity contribution in [1.29, 1.82) is 0 Å². The number of hydrogen-bond acceptors (Lipinski definition) is 5. The Balaban J connectivity index is 2.29. The van der Waals surface area contributed by atoms with E-state index in [1.54, 1.807) is 45.4 Å². The fraction of sp³-hybridized carbons (Fsp3) is 0.429. The van der Waals surface area contributed by atoms with E-state index >= 15 is 0 Å². The van der Waals surface area contributed by atoms with Gasteiger partial charge in [-0.2, -0.15) is 0 Å². The Hall–Kier alpha value is -2.25. The Labute approximate surface area is 167 Å². The highest BCUT2D eigenvalue weighted by molar-refractivity contribution is 7.89. The highest BCUT2D eigenvalue weighted by Crippen LogP contribution is 2.32. The van der Waals surface area contributed by atoms with Crippen LogP contribution in [-0.4, -0.2) is 29.2 Å². The minimum Gasteiger partial charge on any atom is -0.496 e. The summed E-state index contributed by atoms with van der Waals surface area (Å²) in [6, 6.07) is 8.82. The van der Waals surface area contributed by atoms with Gasteiger partial charge in [-0.15, -0.1) is 0 Å². The third-order valence-electron chi connectivity index (χ3n) is 4.43. The van der Waals surface area contributed by atoms with Gasteiger partial charge in [-0.1, -0.05) is 19.9 Å². The van der Waals surface area contributed by atoms with E-state index in [-0.39, 0.29) is 17.4 Å². The Morgan fingerprint density at radius 3 is 2.25 bits per heavy atom. The first kappa shape index (κ1) is 22.0. The lowest BCUT2D eigenvalue weighted by atomic mass is 10.0. The molecule has 0 unspecified atom stereocenters. The van der Waals surface area contributed by atoms with Crippen molar-refractivity contribution >= 4 is 10.0 Å². The molecule has 2 aromatic carbocycles. The van der Waals surface area contributed by atoms with Crippen molar-refractivity contribution < 1.29 is 22.6 Å². The molecule has 2 aromatic rings. The van der Waals surface area contributed by atoms with Crippen LogP contribution in [0.15, 0.2) is 35.2 Å². The lowest BCUT2D eigenvalue weighted by molar-refractivity contribution is 0.310. The van der Waals surface area contributed by atoms with Gasteiger partial charge >= 0.3 is 0 Å². The minimum atomic E-state index is -3.69. The van der Waals surface area contributed by atoms with Gasteiger partial charge in [0.05, 0.1) is 25.7 Å². The molecule has 0 spiro atoms. The van der Waals surface area contributed by atoms with Gasteiger partial charge in [0.1, 0.15) is 5.75 Å². The van der Waals surface area contributed by atoms with Crippen LogP contribution in [0.3, 0.4) is 0 Å². The number of hydrogen-bond donors (Lipinski definition) is 1. The molecule has 0 saturated carbocycles. The number of aryl methyl sites for hydroxylation is 1. The van der Waals surface area contributed by atoms with E-state index in [0.717, 1.165) is 11.1 Å². The van der Waals surface area contributed by atoms with Gasteiger partial charge in [0.15, 0.2) is 11.5 Å². The van der Waals surface area contributed by atoms with Crippen LogP contribution in [0.25, 0.3) is 0 Å². The van der Waals surface area contributed by atoms with E-state index < -0.39 is 10.0 Å². The molecular weight excluding hydrogens is 378 g/mol. The van der Waals surface area contributed by atoms with Crippen LogP contribution in [0, 0.1) is 6.92 Å². The highest BCUT2D eigenvalue weighted by atomic mass is 32.2. The van der Waals surface area contributed by atoms with E-state index in [2.05, 4.69) is 4.72 Å². The molecule has 0 bridgehead atoms. The molecule has 0 aliphatic heterocycles. The molecule has 154 valence electrons. The van der Waals surface area contributed by atoms with E-state index in [1.165, 1.54) is 0 Å². The van der Waals surface area contributed by atoms with Gasteiger partial charge in [0.25, 0.3) is 0 Å². The Bertz CT molecular complexity index is 923. The molecule has 0 aromatic heterocycles. The molecular formula is C21H29NO5S. The van der Waals surface area contributed by atoms with Crippen LogP contribution in [0.5, 0.6) is 17.2 Å². The summed E-state index contributed by atoms with van der Waals surface area (Å²) in [5, 5.41) is 0. The van der Waals surface area contributed by atoms with Gasteiger partial charge in [-0.05, 0) is 60.7 Å². The van der Waals surface area contributed by atoms with Crippen molar-refractivity contribution in [1.82, 2.24) is 4.72 Å². The van der Waals surface area contributed by atoms with Crippen LogP contribution in [0.2, 0.25) is 0 Å². The lowest BCUT2D eigenvalue weighted by Crippen LogP contribution is -2.24. The standard InChI is InChI=1S/C21H29NO5S/c1-7-27-20-11-16(8-9-18(20)25-5)13-22-28(23,24)21-12-17(14(2)3)19(26-6)10-15(21)4/h8-12,14,22H,7,13H2,1-6H3. The number of ether oxygens (including phenoxy) is 3. The quantitative estimate of drug-likeness (QED) is 0.680. The lowest BCUT2D eigenvalue weighted by Gasteiger charge is -2.17. The molecule has 6 nitrogen and oxygen atoms in total. The molecule has 0 fully saturated rings. The van der Waals surface area contributed by atoms with Gasteiger partial charge in [-0.3, -0.25) is 0 Å². The van der Waals surface area contributed by atoms with Crippen molar-refractivity contribution in [3.63, 3.8) is 0 Å². The second-order valence-corrected chi connectivity index (χ2v) is 8.49. The monoisotopic (exact) mass is 407 g/mol. The fourth-order valence-corrected chi connectivity index (χ4v) is 4.23. The van der Waals surface area contributed by atoms with Crippen molar-refractivity contribution in [2.75, 3.05) is 20.8 Å². The summed E-state index contributed by atoms with van der Waals surface area (Å²) in [6.45, 7) is 8.30. The van der Waals surface area contributed by atoms with Crippen molar-refractivity contribution in [2.24, 2.45) is 0 Å². The summed E-state index contributed by atoms with van der Waals surface area (Å²) < 4.78 is 44.8. The summed E-state index contributed by atoms with van der Waals surface area (Å²) in [7, 11) is -0.530. The molecule has 0 amide bonds. The zero-order chi connectivity index (χ0) is 20.9. The normalized spacial score (nSPS) is 11.5. The number of rotatable bonds is 9. The summed E-state index contributed by atoms with van der Waals surface area (Å²) in [6.07, 6.45) is 0. The maximum Gasteiger partial charge on any atom is 0.241 e. The first-order valence-electron chi connectivity index (χ1n) is 9.21. The topological polar surface area (TPSA) is 73.9 Å². The average molecular weight is 408 g/mol. The largest absolute Gasteiger partial charge is 0.496 e. The maximum absolute atomic E-state index is 12.9. The molecule has 0 saturated heterocycles. The van der Waals surface area contributed by atoms with Crippen LogP contribution in [0.4, 0.5) is 0 Å². The fourth-order valence-electron chi connectivity index (χ4n) is 2.95. The van der Waals surface area contributed by atoms with Crippen molar-refractivity contribution in [2.45, 2.75) is 45.1 Å². The molecule has 1 N–H and O–H groups in total. The molecule has 0 aliphatic carbocycles. The van der Waals surface area contributed by atoms with Crippen molar-refractivity contribution in [3.05, 3.63) is 47.0 Å². The third kappa shape index (κ3) is 4.97. The SMILES string of the molecule is CCOc1cc(CNS(=O)(=O)c2cc(C(C)C)c(OC)cc2C)ccc1OC. The zero-order valence-electron chi connectivity index (χ0n) is 17.3. The Morgan fingerprint density at radius 1 is 1.00 bits per heavy atom. The molecule has 7 heteroatoms. The zero-order valence-corrected chi connectivity index (χ0v) is 18.1. The van der Waals surface area contributed by atoms with Gasteiger partial charge in [-0.25, -0.2) is 13.1 Å². The summed E-state index contributed by atoms with van der Waals surface area (Å²) in [5.74, 6) is 2.04. The Morgan fingerprint density at radius 2 is 1.68 bits per heavy atom. The summed E-state index contributed by atoms with van der Waals surface area (Å²) in [5.41, 5.74) is 2.28. The van der Waals surface area contributed by atoms with E-state index in [1.807, 2.05) is 26.8 Å². The molecule has 28 heavy (non-hydrogen) atoms. The van der Waals surface area contributed by atoms with Crippen LogP contribution < -0.4 is 18.9 Å². The number of sulfonamides is 1. The second-order valence-electron chi connectivity index (χ2n) is 6.76. The molecule has 0 heterocycles. The highest BCUT2D eigenvalue weighted by Gasteiger charge is 2.21. The predicted octanol–water partition coefficient (Wildman–Crippen LogP) is 4.01. The maximum atomic E-state index is 12.9. The van der Waals surface area contributed by atoms with Crippen LogP contribution >= 0.6 is 0 Å². The molecule has 0 aliphatic rings. The van der Waals surface area contributed by atoms with Crippen molar-refractivity contribution in [3.8, 4) is 17.2 Å². The number of benzene rings is 2. The number of nitrogens with one attached hydrogen (secondary N) is 1. The smallest absolute Gasteiger partial charge is 0.241 e. The second kappa shape index (κ2) is 9.30. The van der Waals surface area contributed by atoms with Crippen LogP contribution in [0.1, 0.15) is 43.4 Å². The predicted molar refractivity (Wildman–Crippen MR) is 110 cm³/mol.